The molecule has 0 aliphatic heterocycles. The van der Waals surface area contributed by atoms with Crippen LogP contribution in [0.2, 0.25) is 0 Å². The first-order valence-corrected chi connectivity index (χ1v) is 9.59. The molecule has 5 nitrogen and oxygen atoms in total. The number of carbonyl (C=O) groups is 1. The van der Waals surface area contributed by atoms with E-state index in [-0.39, 0.29) is 18.0 Å². The molecule has 2 heterocycles. The van der Waals surface area contributed by atoms with Crippen molar-refractivity contribution < 1.29 is 10.1 Å². The molecule has 1 aromatic carbocycles. The van der Waals surface area contributed by atoms with Crippen LogP contribution in [0.3, 0.4) is 0 Å². The second kappa shape index (κ2) is 7.85. The van der Waals surface area contributed by atoms with Crippen molar-refractivity contribution in [1.82, 2.24) is 9.78 Å². The Morgan fingerprint density at radius 3 is 2.50 bits per heavy atom. The van der Waals surface area contributed by atoms with Gasteiger partial charge in [0.15, 0.2) is 6.04 Å². The minimum absolute atomic E-state index is 0.0123. The summed E-state index contributed by atoms with van der Waals surface area (Å²) in [5, 5.41) is 11.6. The smallest absolute Gasteiger partial charge is 0.282 e. The number of rotatable bonds is 6. The molecule has 0 aliphatic carbocycles. The summed E-state index contributed by atoms with van der Waals surface area (Å²) in [6.07, 6.45) is 0. The summed E-state index contributed by atoms with van der Waals surface area (Å²) < 4.78 is 1.79. The standard InChI is InChI=1S/C20H24N4OS/c1-13-18(15(3)24(4)23-13)22-20(25)14(2)21-19(17-11-8-12-26-17)16-9-6-5-7-10-16/h5-12,14,19,21H,1-4H3,(H,22,25)/p+1/t14-,19-/m1/s1. The number of benzene rings is 1. The fraction of sp³-hybridized carbons (Fsp3) is 0.300. The minimum atomic E-state index is -0.235. The van der Waals surface area contributed by atoms with Crippen LogP contribution in [-0.4, -0.2) is 21.7 Å². The Morgan fingerprint density at radius 1 is 1.19 bits per heavy atom. The van der Waals surface area contributed by atoms with Crippen molar-refractivity contribution in [2.45, 2.75) is 32.9 Å². The second-order valence-corrected chi connectivity index (χ2v) is 7.52. The highest BCUT2D eigenvalue weighted by molar-refractivity contribution is 7.10. The molecule has 26 heavy (non-hydrogen) atoms. The molecule has 0 unspecified atom stereocenters. The average Bonchev–Trinajstić information content (AvgIpc) is 3.25. The van der Waals surface area contributed by atoms with Crippen LogP contribution in [0.15, 0.2) is 47.8 Å². The van der Waals surface area contributed by atoms with Gasteiger partial charge in [-0.05, 0) is 32.2 Å². The molecule has 0 radical (unpaired) electrons. The predicted octanol–water partition coefficient (Wildman–Crippen LogP) is 2.78. The quantitative estimate of drug-likeness (QED) is 0.702. The van der Waals surface area contributed by atoms with Crippen LogP contribution in [0, 0.1) is 13.8 Å². The van der Waals surface area contributed by atoms with Crippen LogP contribution >= 0.6 is 11.3 Å². The summed E-state index contributed by atoms with van der Waals surface area (Å²) in [4.78, 5) is 14.0. The van der Waals surface area contributed by atoms with Crippen LogP contribution in [0.5, 0.6) is 0 Å². The van der Waals surface area contributed by atoms with Gasteiger partial charge in [-0.2, -0.15) is 5.10 Å². The lowest BCUT2D eigenvalue weighted by Crippen LogP contribution is -2.92. The van der Waals surface area contributed by atoms with Gasteiger partial charge in [0.25, 0.3) is 5.91 Å². The van der Waals surface area contributed by atoms with Gasteiger partial charge in [-0.25, -0.2) is 0 Å². The monoisotopic (exact) mass is 369 g/mol. The highest BCUT2D eigenvalue weighted by Crippen LogP contribution is 2.23. The SMILES string of the molecule is Cc1nn(C)c(C)c1NC(=O)[C@@H](C)[NH2+][C@H](c1ccccc1)c1cccs1. The zero-order chi connectivity index (χ0) is 18.7. The third-order valence-corrected chi connectivity index (χ3v) is 5.62. The lowest BCUT2D eigenvalue weighted by molar-refractivity contribution is -0.703. The number of nitrogens with zero attached hydrogens (tertiary/aromatic N) is 2. The number of carbonyl (C=O) groups excluding carboxylic acids is 1. The summed E-state index contributed by atoms with van der Waals surface area (Å²) in [6.45, 7) is 5.82. The predicted molar refractivity (Wildman–Crippen MR) is 105 cm³/mol. The lowest BCUT2D eigenvalue weighted by Gasteiger charge is -2.19. The van der Waals surface area contributed by atoms with Crippen LogP contribution in [0.25, 0.3) is 0 Å². The van der Waals surface area contributed by atoms with E-state index in [9.17, 15) is 4.79 Å². The van der Waals surface area contributed by atoms with Gasteiger partial charge < -0.3 is 10.6 Å². The van der Waals surface area contributed by atoms with Gasteiger partial charge >= 0.3 is 0 Å². The maximum Gasteiger partial charge on any atom is 0.282 e. The third kappa shape index (κ3) is 3.86. The molecule has 0 fully saturated rings. The van der Waals surface area contributed by atoms with Crippen molar-refractivity contribution in [3.05, 3.63) is 69.7 Å². The largest absolute Gasteiger partial charge is 0.326 e. The van der Waals surface area contributed by atoms with E-state index in [0.717, 1.165) is 17.1 Å². The van der Waals surface area contributed by atoms with Gasteiger partial charge in [-0.1, -0.05) is 36.4 Å². The van der Waals surface area contributed by atoms with Crippen LogP contribution in [0.1, 0.15) is 34.8 Å². The molecular weight excluding hydrogens is 344 g/mol. The van der Waals surface area contributed by atoms with Crippen molar-refractivity contribution >= 4 is 22.9 Å². The Hall–Kier alpha value is -2.44. The number of aryl methyl sites for hydroxylation is 2. The number of nitrogens with two attached hydrogens (primary N) is 1. The van der Waals surface area contributed by atoms with Gasteiger partial charge in [0.2, 0.25) is 0 Å². The fourth-order valence-corrected chi connectivity index (χ4v) is 3.90. The Labute approximate surface area is 158 Å². The van der Waals surface area contributed by atoms with E-state index in [1.165, 1.54) is 10.4 Å². The Bertz CT molecular complexity index is 871. The number of thiophene rings is 1. The van der Waals surface area contributed by atoms with E-state index >= 15 is 0 Å². The maximum absolute atomic E-state index is 12.8. The molecular formula is C20H25N4OS+. The number of amides is 1. The molecule has 3 aromatic rings. The molecule has 0 bridgehead atoms. The van der Waals surface area contributed by atoms with Crippen LogP contribution in [0.4, 0.5) is 5.69 Å². The van der Waals surface area contributed by atoms with Gasteiger partial charge in [0.05, 0.1) is 22.0 Å². The van der Waals surface area contributed by atoms with Crippen molar-refractivity contribution in [3.63, 3.8) is 0 Å². The molecule has 136 valence electrons. The van der Waals surface area contributed by atoms with Gasteiger partial charge in [-0.3, -0.25) is 9.48 Å². The molecule has 2 atom stereocenters. The number of hydrogen-bond donors (Lipinski definition) is 2. The molecule has 0 aliphatic rings. The van der Waals surface area contributed by atoms with Crippen molar-refractivity contribution in [2.24, 2.45) is 7.05 Å². The van der Waals surface area contributed by atoms with E-state index < -0.39 is 0 Å². The lowest BCUT2D eigenvalue weighted by atomic mass is 10.0. The molecule has 6 heteroatoms. The summed E-state index contributed by atoms with van der Waals surface area (Å²) in [5.41, 5.74) is 3.80. The van der Waals surface area contributed by atoms with E-state index in [1.807, 2.05) is 46.0 Å². The zero-order valence-corrected chi connectivity index (χ0v) is 16.4. The number of nitrogens with one attached hydrogen (secondary N) is 1. The number of aromatic nitrogens is 2. The first kappa shape index (κ1) is 18.4. The van der Waals surface area contributed by atoms with Crippen molar-refractivity contribution in [3.8, 4) is 0 Å². The van der Waals surface area contributed by atoms with Crippen molar-refractivity contribution in [2.75, 3.05) is 5.32 Å². The van der Waals surface area contributed by atoms with Gasteiger partial charge in [-0.15, -0.1) is 11.3 Å². The second-order valence-electron chi connectivity index (χ2n) is 6.54. The maximum atomic E-state index is 12.8. The molecule has 3 N–H and O–H groups in total. The number of quaternary nitrogens is 1. The van der Waals surface area contributed by atoms with E-state index in [4.69, 9.17) is 0 Å². The topological polar surface area (TPSA) is 63.5 Å². The van der Waals surface area contributed by atoms with Crippen LogP contribution < -0.4 is 10.6 Å². The van der Waals surface area contributed by atoms with Gasteiger partial charge in [0.1, 0.15) is 6.04 Å². The highest BCUT2D eigenvalue weighted by atomic mass is 32.1. The number of hydrogen-bond acceptors (Lipinski definition) is 3. The first-order valence-electron chi connectivity index (χ1n) is 8.71. The summed E-state index contributed by atoms with van der Waals surface area (Å²) >= 11 is 1.72. The summed E-state index contributed by atoms with van der Waals surface area (Å²) in [7, 11) is 1.88. The average molecular weight is 370 g/mol. The molecule has 1 amide bonds. The molecule has 2 aromatic heterocycles. The third-order valence-electron chi connectivity index (χ3n) is 4.66. The van der Waals surface area contributed by atoms with E-state index in [1.54, 1.807) is 16.0 Å². The Morgan fingerprint density at radius 2 is 1.92 bits per heavy atom. The molecule has 0 saturated heterocycles. The zero-order valence-electron chi connectivity index (χ0n) is 15.6. The summed E-state index contributed by atoms with van der Waals surface area (Å²) in [5.74, 6) is -0.0123. The highest BCUT2D eigenvalue weighted by Gasteiger charge is 2.26. The molecule has 0 spiro atoms. The minimum Gasteiger partial charge on any atom is -0.326 e. The fourth-order valence-electron chi connectivity index (χ4n) is 3.07. The first-order chi connectivity index (χ1) is 12.5. The Kier molecular flexibility index (Phi) is 5.54. The number of anilines is 1. The summed E-state index contributed by atoms with van der Waals surface area (Å²) in [6, 6.07) is 14.4. The Balaban J connectivity index is 1.77. The van der Waals surface area contributed by atoms with E-state index in [0.29, 0.717) is 0 Å². The molecule has 3 rings (SSSR count). The van der Waals surface area contributed by atoms with Crippen LogP contribution in [-0.2, 0) is 11.8 Å². The normalized spacial score (nSPS) is 13.4. The van der Waals surface area contributed by atoms with Crippen molar-refractivity contribution in [1.29, 1.82) is 0 Å². The molecule has 0 saturated carbocycles. The van der Waals surface area contributed by atoms with Gasteiger partial charge in [0, 0.05) is 12.6 Å². The van der Waals surface area contributed by atoms with E-state index in [2.05, 4.69) is 45.4 Å².